The Morgan fingerprint density at radius 1 is 0.923 bits per heavy atom. The maximum Gasteiger partial charge on any atom is 0.255 e. The highest BCUT2D eigenvalue weighted by Crippen LogP contribution is 2.34. The summed E-state index contributed by atoms with van der Waals surface area (Å²) in [6.45, 7) is 14.3. The summed E-state index contributed by atoms with van der Waals surface area (Å²) in [6, 6.07) is 13.4. The van der Waals surface area contributed by atoms with Crippen LogP contribution in [-0.2, 0) is 29.3 Å². The zero-order valence-electron chi connectivity index (χ0n) is 23.3. The number of piperazine rings is 1. The van der Waals surface area contributed by atoms with Crippen LogP contribution in [0.15, 0.2) is 42.5 Å². The lowest BCUT2D eigenvalue weighted by Crippen LogP contribution is -2.52. The van der Waals surface area contributed by atoms with Gasteiger partial charge in [0.2, 0.25) is 11.8 Å². The van der Waals surface area contributed by atoms with Gasteiger partial charge in [-0.15, -0.1) is 0 Å². The molecular weight excluding hydrogens is 492 g/mol. The summed E-state index contributed by atoms with van der Waals surface area (Å²) in [6.07, 6.45) is 0.587. The minimum atomic E-state index is -0.630. The average molecular weight is 533 g/mol. The van der Waals surface area contributed by atoms with Crippen LogP contribution in [0.5, 0.6) is 5.75 Å². The van der Waals surface area contributed by atoms with Crippen molar-refractivity contribution in [1.29, 1.82) is 0 Å². The summed E-state index contributed by atoms with van der Waals surface area (Å²) in [5, 5.41) is 2.35. The number of nitrogens with zero attached hydrogens (tertiary/aromatic N) is 3. The monoisotopic (exact) mass is 532 g/mol. The van der Waals surface area contributed by atoms with Crippen molar-refractivity contribution < 1.29 is 19.1 Å². The van der Waals surface area contributed by atoms with Crippen LogP contribution in [0.1, 0.15) is 60.7 Å². The third-order valence-corrected chi connectivity index (χ3v) is 8.51. The molecule has 0 aliphatic carbocycles. The van der Waals surface area contributed by atoms with Crippen molar-refractivity contribution in [1.82, 2.24) is 20.0 Å². The number of benzene rings is 2. The van der Waals surface area contributed by atoms with Crippen LogP contribution in [0.25, 0.3) is 0 Å². The fourth-order valence-electron chi connectivity index (χ4n) is 5.60. The molecule has 3 aliphatic heterocycles. The van der Waals surface area contributed by atoms with Crippen molar-refractivity contribution in [2.24, 2.45) is 11.8 Å². The number of rotatable bonds is 9. The van der Waals surface area contributed by atoms with Gasteiger partial charge in [-0.3, -0.25) is 24.6 Å². The van der Waals surface area contributed by atoms with Gasteiger partial charge >= 0.3 is 0 Å². The molecule has 5 rings (SSSR count). The largest absolute Gasteiger partial charge is 0.489 e. The molecule has 2 aromatic rings. The van der Waals surface area contributed by atoms with Crippen LogP contribution in [0.2, 0.25) is 0 Å². The molecule has 2 atom stereocenters. The molecule has 3 aliphatic rings. The number of carbonyl (C=O) groups is 3. The molecule has 2 saturated heterocycles. The highest BCUT2D eigenvalue weighted by Gasteiger charge is 2.40. The quantitative estimate of drug-likeness (QED) is 0.499. The van der Waals surface area contributed by atoms with E-state index >= 15 is 0 Å². The van der Waals surface area contributed by atoms with Crippen LogP contribution in [0.4, 0.5) is 0 Å². The normalized spacial score (nSPS) is 21.3. The third-order valence-electron chi connectivity index (χ3n) is 8.51. The molecule has 0 bridgehead atoms. The van der Waals surface area contributed by atoms with E-state index in [1.165, 1.54) is 12.1 Å². The van der Waals surface area contributed by atoms with Gasteiger partial charge in [-0.25, -0.2) is 0 Å². The van der Waals surface area contributed by atoms with Crippen molar-refractivity contribution in [3.05, 3.63) is 64.7 Å². The first kappa shape index (κ1) is 27.3. The number of amides is 3. The summed E-state index contributed by atoms with van der Waals surface area (Å²) < 4.78 is 6.16. The molecule has 0 radical (unpaired) electrons. The highest BCUT2D eigenvalue weighted by molar-refractivity contribution is 6.05. The Hall–Kier alpha value is -3.23. The maximum atomic E-state index is 13.0. The SMILES string of the molecule is CC(C)C(C)CN1CCN(Cc2ccc(COc3cccc4c3CN([C@@H]3CCC(=O)NC3=O)C4=O)cc2)CC1. The van der Waals surface area contributed by atoms with Gasteiger partial charge in [-0.2, -0.15) is 0 Å². The number of fused-ring (bicyclic) bond motifs is 1. The van der Waals surface area contributed by atoms with Crippen LogP contribution in [-0.4, -0.2) is 71.2 Å². The molecule has 39 heavy (non-hydrogen) atoms. The summed E-state index contributed by atoms with van der Waals surface area (Å²) >= 11 is 0. The molecular formula is C31H40N4O4. The lowest BCUT2D eigenvalue weighted by molar-refractivity contribution is -0.136. The van der Waals surface area contributed by atoms with E-state index < -0.39 is 11.9 Å². The number of hydrogen-bond donors (Lipinski definition) is 1. The second-order valence-electron chi connectivity index (χ2n) is 11.6. The summed E-state index contributed by atoms with van der Waals surface area (Å²) in [5.74, 6) is 1.23. The Labute approximate surface area is 231 Å². The second kappa shape index (κ2) is 11.9. The van der Waals surface area contributed by atoms with Gasteiger partial charge in [0.25, 0.3) is 5.91 Å². The molecule has 1 N–H and O–H groups in total. The molecule has 2 aromatic carbocycles. The number of nitrogens with one attached hydrogen (secondary N) is 1. The second-order valence-corrected chi connectivity index (χ2v) is 11.6. The summed E-state index contributed by atoms with van der Waals surface area (Å²) in [5.41, 5.74) is 3.72. The Bertz CT molecular complexity index is 1200. The predicted octanol–water partition coefficient (Wildman–Crippen LogP) is 3.44. The minimum absolute atomic E-state index is 0.190. The predicted molar refractivity (Wildman–Crippen MR) is 149 cm³/mol. The summed E-state index contributed by atoms with van der Waals surface area (Å²) in [7, 11) is 0. The zero-order valence-corrected chi connectivity index (χ0v) is 23.3. The Balaban J connectivity index is 1.13. The first-order valence-electron chi connectivity index (χ1n) is 14.2. The van der Waals surface area contributed by atoms with Gasteiger partial charge in [-0.05, 0) is 41.5 Å². The van der Waals surface area contributed by atoms with Gasteiger partial charge < -0.3 is 14.5 Å². The van der Waals surface area contributed by atoms with E-state index in [1.54, 1.807) is 11.0 Å². The van der Waals surface area contributed by atoms with E-state index in [-0.39, 0.29) is 18.2 Å². The van der Waals surface area contributed by atoms with Crippen LogP contribution in [0.3, 0.4) is 0 Å². The van der Waals surface area contributed by atoms with Crippen molar-refractivity contribution in [2.75, 3.05) is 32.7 Å². The van der Waals surface area contributed by atoms with Crippen LogP contribution in [0, 0.1) is 11.8 Å². The standard InChI is InChI=1S/C31H40N4O4/c1-21(2)22(3)17-33-13-15-34(16-14-33)18-23-7-9-24(10-8-23)20-39-28-6-4-5-25-26(28)19-35(31(25)38)27-11-12-29(36)32-30(27)37/h4-10,21-22,27H,11-20H2,1-3H3,(H,32,36,37)/t22?,27-/m1/s1. The Morgan fingerprint density at radius 2 is 1.62 bits per heavy atom. The van der Waals surface area contributed by atoms with Crippen molar-refractivity contribution in [3.63, 3.8) is 0 Å². The van der Waals surface area contributed by atoms with E-state index in [0.717, 1.165) is 55.7 Å². The smallest absolute Gasteiger partial charge is 0.255 e. The third kappa shape index (κ3) is 6.34. The van der Waals surface area contributed by atoms with Crippen molar-refractivity contribution in [3.8, 4) is 5.75 Å². The number of piperidine rings is 1. The zero-order chi connectivity index (χ0) is 27.5. The van der Waals surface area contributed by atoms with E-state index in [2.05, 4.69) is 60.2 Å². The van der Waals surface area contributed by atoms with Crippen molar-refractivity contribution in [2.45, 2.75) is 59.4 Å². The first-order chi connectivity index (χ1) is 18.8. The topological polar surface area (TPSA) is 82.2 Å². The van der Waals surface area contributed by atoms with E-state index in [9.17, 15) is 14.4 Å². The number of ether oxygens (including phenoxy) is 1. The number of imide groups is 1. The molecule has 0 aromatic heterocycles. The highest BCUT2D eigenvalue weighted by atomic mass is 16.5. The van der Waals surface area contributed by atoms with Crippen molar-refractivity contribution >= 4 is 17.7 Å². The minimum Gasteiger partial charge on any atom is -0.489 e. The Kier molecular flexibility index (Phi) is 8.33. The maximum absolute atomic E-state index is 13.0. The van der Waals surface area contributed by atoms with Gasteiger partial charge in [0.1, 0.15) is 18.4 Å². The summed E-state index contributed by atoms with van der Waals surface area (Å²) in [4.78, 5) is 43.6. The molecule has 8 nitrogen and oxygen atoms in total. The van der Waals surface area contributed by atoms with Gasteiger partial charge in [-0.1, -0.05) is 51.1 Å². The van der Waals surface area contributed by atoms with Crippen LogP contribution >= 0.6 is 0 Å². The van der Waals surface area contributed by atoms with E-state index in [4.69, 9.17) is 4.74 Å². The molecule has 208 valence electrons. The number of carbonyl (C=O) groups excluding carboxylic acids is 3. The van der Waals surface area contributed by atoms with Crippen LogP contribution < -0.4 is 10.1 Å². The van der Waals surface area contributed by atoms with E-state index in [1.807, 2.05) is 12.1 Å². The lowest BCUT2D eigenvalue weighted by Gasteiger charge is -2.36. The molecule has 3 heterocycles. The molecule has 0 spiro atoms. The number of hydrogen-bond acceptors (Lipinski definition) is 6. The molecule has 1 unspecified atom stereocenters. The van der Waals surface area contributed by atoms with E-state index in [0.29, 0.717) is 30.9 Å². The lowest BCUT2D eigenvalue weighted by atomic mass is 9.97. The first-order valence-corrected chi connectivity index (χ1v) is 14.2. The van der Waals surface area contributed by atoms with Gasteiger partial charge in [0, 0.05) is 56.8 Å². The fourth-order valence-corrected chi connectivity index (χ4v) is 5.60. The van der Waals surface area contributed by atoms with Gasteiger partial charge in [0.05, 0.1) is 6.54 Å². The Morgan fingerprint density at radius 3 is 2.31 bits per heavy atom. The fraction of sp³-hybridized carbons (Fsp3) is 0.516. The average Bonchev–Trinajstić information content (AvgIpc) is 3.26. The molecule has 2 fully saturated rings. The van der Waals surface area contributed by atoms with Gasteiger partial charge in [0.15, 0.2) is 0 Å². The molecule has 3 amide bonds. The molecule has 8 heteroatoms. The molecule has 0 saturated carbocycles.